The number of rotatable bonds is 5. The Labute approximate surface area is 194 Å². The molecule has 4 heterocycles. The normalized spacial score (nSPS) is 19.4. The summed E-state index contributed by atoms with van der Waals surface area (Å²) >= 11 is 3.00. The van der Waals surface area contributed by atoms with Crippen LogP contribution in [0.1, 0.15) is 49.1 Å². The predicted molar refractivity (Wildman–Crippen MR) is 124 cm³/mol. The summed E-state index contributed by atoms with van der Waals surface area (Å²) < 4.78 is 11.3. The molecule has 7 nitrogen and oxygen atoms in total. The number of carbonyl (C=O) groups excluding carboxylic acids is 2. The highest BCUT2D eigenvalue weighted by Gasteiger charge is 2.34. The first kappa shape index (κ1) is 21.0. The van der Waals surface area contributed by atoms with E-state index in [1.165, 1.54) is 26.7 Å². The lowest BCUT2D eigenvalue weighted by Gasteiger charge is -2.27. The first-order valence-electron chi connectivity index (χ1n) is 10.6. The monoisotopic (exact) mass is 470 g/mol. The Morgan fingerprint density at radius 2 is 2.12 bits per heavy atom. The molecule has 0 fully saturated rings. The molecule has 9 heteroatoms. The van der Waals surface area contributed by atoms with E-state index in [9.17, 15) is 9.59 Å². The average molecular weight is 471 g/mol. The minimum absolute atomic E-state index is 0.0491. The fourth-order valence-corrected chi connectivity index (χ4v) is 6.09. The number of anilines is 1. The number of hydrogen-bond acceptors (Lipinski definition) is 7. The second-order valence-corrected chi connectivity index (χ2v) is 9.95. The molecule has 0 saturated carbocycles. The van der Waals surface area contributed by atoms with Gasteiger partial charge in [-0.25, -0.2) is 4.79 Å². The molecule has 2 aliphatic heterocycles. The van der Waals surface area contributed by atoms with Crippen LogP contribution in [0.5, 0.6) is 11.5 Å². The highest BCUT2D eigenvalue weighted by atomic mass is 32.1. The standard InChI is InChI=1S/C23H23N3O4S2/c1-3-29-16-11-13(6-7-15(16)30-23(28)17-5-4-10-31-17)20-24-21(27)19-14-8-9-26(2)12-18(14)32-22(19)25-20/h4-7,10-11,20,25H,3,8-9,12H2,1-2H3,(H,24,27)/p+1/t20-/m0/s1. The molecule has 0 radical (unpaired) electrons. The molecule has 5 rings (SSSR count). The summed E-state index contributed by atoms with van der Waals surface area (Å²) in [5, 5.41) is 9.31. The average Bonchev–Trinajstić information content (AvgIpc) is 3.42. The van der Waals surface area contributed by atoms with Crippen molar-refractivity contribution in [2.24, 2.45) is 0 Å². The number of benzene rings is 1. The molecule has 166 valence electrons. The summed E-state index contributed by atoms with van der Waals surface area (Å²) in [5.41, 5.74) is 2.81. The van der Waals surface area contributed by atoms with Gasteiger partial charge in [0.2, 0.25) is 0 Å². The lowest BCUT2D eigenvalue weighted by molar-refractivity contribution is -0.895. The Hall–Kier alpha value is -2.88. The van der Waals surface area contributed by atoms with Gasteiger partial charge in [0.15, 0.2) is 11.5 Å². The Kier molecular flexibility index (Phi) is 5.62. The maximum absolute atomic E-state index is 13.0. The topological polar surface area (TPSA) is 81.1 Å². The fourth-order valence-electron chi connectivity index (χ4n) is 4.10. The largest absolute Gasteiger partial charge is 0.490 e. The number of hydrogen-bond donors (Lipinski definition) is 3. The van der Waals surface area contributed by atoms with Crippen LogP contribution in [0.2, 0.25) is 0 Å². The molecular weight excluding hydrogens is 446 g/mol. The summed E-state index contributed by atoms with van der Waals surface area (Å²) in [6, 6.07) is 8.90. The molecular formula is C23H24N3O4S2+. The first-order chi connectivity index (χ1) is 15.5. The third-order valence-corrected chi connectivity index (χ3v) is 7.67. The van der Waals surface area contributed by atoms with Gasteiger partial charge >= 0.3 is 5.97 Å². The molecule has 2 aromatic heterocycles. The predicted octanol–water partition coefficient (Wildman–Crippen LogP) is 2.85. The molecule has 1 unspecified atom stereocenters. The Balaban J connectivity index is 1.41. The lowest BCUT2D eigenvalue weighted by Crippen LogP contribution is -3.08. The van der Waals surface area contributed by atoms with E-state index in [0.717, 1.165) is 35.6 Å². The molecule has 32 heavy (non-hydrogen) atoms. The molecule has 0 spiro atoms. The van der Waals surface area contributed by atoms with E-state index < -0.39 is 5.97 Å². The number of nitrogens with one attached hydrogen (secondary N) is 3. The van der Waals surface area contributed by atoms with E-state index in [0.29, 0.717) is 23.0 Å². The van der Waals surface area contributed by atoms with Crippen molar-refractivity contribution >= 4 is 39.6 Å². The summed E-state index contributed by atoms with van der Waals surface area (Å²) in [5.74, 6) is 0.354. The third-order valence-electron chi connectivity index (χ3n) is 5.66. The Bertz CT molecular complexity index is 1170. The van der Waals surface area contributed by atoms with E-state index in [2.05, 4.69) is 17.7 Å². The van der Waals surface area contributed by atoms with Crippen molar-refractivity contribution in [3.63, 3.8) is 0 Å². The summed E-state index contributed by atoms with van der Waals surface area (Å²) in [4.78, 5) is 28.6. The fraction of sp³-hybridized carbons (Fsp3) is 0.304. The van der Waals surface area contributed by atoms with E-state index in [4.69, 9.17) is 9.47 Å². The third kappa shape index (κ3) is 3.87. The van der Waals surface area contributed by atoms with Gasteiger partial charge in [-0.2, -0.15) is 0 Å². The molecule has 0 aliphatic carbocycles. The molecule has 1 amide bonds. The second-order valence-electron chi connectivity index (χ2n) is 7.90. The van der Waals surface area contributed by atoms with Crippen LogP contribution in [0, 0.1) is 0 Å². The van der Waals surface area contributed by atoms with Gasteiger partial charge in [0.25, 0.3) is 5.91 Å². The number of quaternary nitrogens is 1. The number of carbonyl (C=O) groups is 2. The Morgan fingerprint density at radius 1 is 1.25 bits per heavy atom. The van der Waals surface area contributed by atoms with Crippen molar-refractivity contribution in [1.29, 1.82) is 0 Å². The molecule has 1 aromatic carbocycles. The molecule has 0 saturated heterocycles. The molecule has 2 aliphatic rings. The summed E-state index contributed by atoms with van der Waals surface area (Å²) in [6.45, 7) is 4.29. The molecule has 3 aromatic rings. The summed E-state index contributed by atoms with van der Waals surface area (Å²) in [7, 11) is 2.18. The lowest BCUT2D eigenvalue weighted by atomic mass is 10.0. The van der Waals surface area contributed by atoms with Crippen molar-refractivity contribution in [2.45, 2.75) is 26.1 Å². The van der Waals surface area contributed by atoms with Crippen molar-refractivity contribution in [3.8, 4) is 11.5 Å². The van der Waals surface area contributed by atoms with Crippen LogP contribution in [-0.2, 0) is 13.0 Å². The van der Waals surface area contributed by atoms with Crippen LogP contribution in [0.4, 0.5) is 5.00 Å². The van der Waals surface area contributed by atoms with Gasteiger partial charge in [-0.05, 0) is 41.6 Å². The maximum atomic E-state index is 13.0. The van der Waals surface area contributed by atoms with Gasteiger partial charge in [0.05, 0.1) is 30.6 Å². The summed E-state index contributed by atoms with van der Waals surface area (Å²) in [6.07, 6.45) is 0.535. The Morgan fingerprint density at radius 3 is 2.91 bits per heavy atom. The van der Waals surface area contributed by atoms with E-state index >= 15 is 0 Å². The van der Waals surface area contributed by atoms with E-state index in [-0.39, 0.29) is 12.1 Å². The van der Waals surface area contributed by atoms with Crippen LogP contribution in [0.3, 0.4) is 0 Å². The SMILES string of the molecule is CCOc1cc([C@H]2NC(=O)c3c(sc4c3CC[NH+](C)C4)N2)ccc1OC(=O)c1cccs1. The highest BCUT2D eigenvalue weighted by molar-refractivity contribution is 7.16. The maximum Gasteiger partial charge on any atom is 0.353 e. The first-order valence-corrected chi connectivity index (χ1v) is 12.3. The zero-order valence-electron chi connectivity index (χ0n) is 17.8. The van der Waals surface area contributed by atoms with Crippen molar-refractivity contribution in [2.75, 3.05) is 25.5 Å². The van der Waals surface area contributed by atoms with Crippen molar-refractivity contribution in [1.82, 2.24) is 5.32 Å². The van der Waals surface area contributed by atoms with Crippen LogP contribution in [-0.4, -0.2) is 32.1 Å². The van der Waals surface area contributed by atoms with Gasteiger partial charge in [-0.3, -0.25) is 4.79 Å². The number of amides is 1. The minimum Gasteiger partial charge on any atom is -0.490 e. The molecule has 2 atom stereocenters. The second kappa shape index (κ2) is 8.57. The zero-order valence-corrected chi connectivity index (χ0v) is 19.5. The number of likely N-dealkylation sites (N-methyl/N-ethyl adjacent to an activating group) is 1. The quantitative estimate of drug-likeness (QED) is 0.395. The highest BCUT2D eigenvalue weighted by Crippen LogP contribution is 2.40. The molecule has 3 N–H and O–H groups in total. The van der Waals surface area contributed by atoms with Gasteiger partial charge in [-0.15, -0.1) is 22.7 Å². The number of fused-ring (bicyclic) bond motifs is 3. The van der Waals surface area contributed by atoms with Gasteiger partial charge in [0, 0.05) is 6.42 Å². The van der Waals surface area contributed by atoms with E-state index in [1.807, 2.05) is 24.4 Å². The minimum atomic E-state index is -0.418. The van der Waals surface area contributed by atoms with Crippen molar-refractivity contribution < 1.29 is 24.0 Å². The van der Waals surface area contributed by atoms with Gasteiger partial charge in [-0.1, -0.05) is 12.1 Å². The molecule has 0 bridgehead atoms. The number of esters is 1. The van der Waals surface area contributed by atoms with Crippen LogP contribution in [0.25, 0.3) is 0 Å². The van der Waals surface area contributed by atoms with Gasteiger partial charge < -0.3 is 25.0 Å². The number of thiophene rings is 2. The van der Waals surface area contributed by atoms with Crippen LogP contribution in [0.15, 0.2) is 35.7 Å². The van der Waals surface area contributed by atoms with E-state index in [1.54, 1.807) is 29.5 Å². The zero-order chi connectivity index (χ0) is 22.2. The smallest absolute Gasteiger partial charge is 0.353 e. The van der Waals surface area contributed by atoms with Crippen LogP contribution >= 0.6 is 22.7 Å². The van der Waals surface area contributed by atoms with Crippen LogP contribution < -0.4 is 25.0 Å². The van der Waals surface area contributed by atoms with Crippen molar-refractivity contribution in [3.05, 3.63) is 62.2 Å². The number of ether oxygens (including phenoxy) is 2. The van der Waals surface area contributed by atoms with Gasteiger partial charge in [0.1, 0.15) is 22.6 Å².